The van der Waals surface area contributed by atoms with Gasteiger partial charge in [0.25, 0.3) is 0 Å². The third-order valence-electron chi connectivity index (χ3n) is 7.02. The average molecular weight is 536 g/mol. The van der Waals surface area contributed by atoms with Crippen LogP contribution in [0.15, 0.2) is 109 Å². The minimum atomic E-state index is -0.467. The highest BCUT2D eigenvalue weighted by atomic mass is 32.1. The Morgan fingerprint density at radius 1 is 0.949 bits per heavy atom. The lowest BCUT2D eigenvalue weighted by molar-refractivity contribution is -0.116. The summed E-state index contributed by atoms with van der Waals surface area (Å²) in [6.07, 6.45) is 3.95. The summed E-state index contributed by atoms with van der Waals surface area (Å²) in [4.78, 5) is 19.4. The molecule has 0 radical (unpaired) electrons. The van der Waals surface area contributed by atoms with Crippen LogP contribution in [0.1, 0.15) is 29.9 Å². The minimum absolute atomic E-state index is 0.137. The average Bonchev–Trinajstić information content (AvgIpc) is 3.57. The van der Waals surface area contributed by atoms with Crippen molar-refractivity contribution in [3.05, 3.63) is 127 Å². The summed E-state index contributed by atoms with van der Waals surface area (Å²) in [5, 5.41) is 8.98. The van der Waals surface area contributed by atoms with E-state index in [4.69, 9.17) is 12.2 Å². The Bertz CT molecular complexity index is 1650. The zero-order valence-electron chi connectivity index (χ0n) is 21.0. The number of para-hydroxylation sites is 1. The molecule has 1 fully saturated rings. The molecule has 3 aromatic carbocycles. The van der Waals surface area contributed by atoms with Gasteiger partial charge in [-0.25, -0.2) is 4.39 Å². The van der Waals surface area contributed by atoms with Crippen molar-refractivity contribution in [2.45, 2.75) is 18.5 Å². The van der Waals surface area contributed by atoms with Crippen molar-refractivity contribution in [2.24, 2.45) is 0 Å². The molecule has 1 aliphatic heterocycles. The topological polar surface area (TPSA) is 62.2 Å². The molecule has 6 rings (SSSR count). The number of aromatic nitrogens is 2. The van der Waals surface area contributed by atoms with Crippen molar-refractivity contribution < 1.29 is 9.18 Å². The van der Waals surface area contributed by atoms with E-state index >= 15 is 0 Å². The predicted octanol–water partition coefficient (Wildman–Crippen LogP) is 6.17. The molecule has 2 aromatic heterocycles. The lowest BCUT2D eigenvalue weighted by Gasteiger charge is -2.29. The Balaban J connectivity index is 1.33. The number of rotatable bonds is 7. The van der Waals surface area contributed by atoms with E-state index in [1.54, 1.807) is 24.4 Å². The largest absolute Gasteiger partial charge is 0.352 e. The smallest absolute Gasteiger partial charge is 0.226 e. The zero-order valence-corrected chi connectivity index (χ0v) is 21.8. The van der Waals surface area contributed by atoms with Crippen LogP contribution in [0, 0.1) is 5.82 Å². The molecule has 39 heavy (non-hydrogen) atoms. The number of amides is 1. The summed E-state index contributed by atoms with van der Waals surface area (Å²) in [6.45, 7) is 0.350. The van der Waals surface area contributed by atoms with Crippen LogP contribution in [0.2, 0.25) is 0 Å². The molecule has 0 saturated carbocycles. The molecule has 8 heteroatoms. The van der Waals surface area contributed by atoms with Gasteiger partial charge in [-0.05, 0) is 71.5 Å². The number of carbonyl (C=O) groups is 1. The first kappa shape index (κ1) is 24.8. The van der Waals surface area contributed by atoms with Crippen molar-refractivity contribution in [1.82, 2.24) is 19.8 Å². The molecule has 1 aliphatic rings. The molecule has 6 nitrogen and oxygen atoms in total. The van der Waals surface area contributed by atoms with E-state index in [-0.39, 0.29) is 30.1 Å². The van der Waals surface area contributed by atoms with E-state index in [1.165, 1.54) is 11.5 Å². The fourth-order valence-electron chi connectivity index (χ4n) is 5.16. The van der Waals surface area contributed by atoms with Gasteiger partial charge < -0.3 is 20.1 Å². The number of benzene rings is 3. The maximum absolute atomic E-state index is 14.1. The minimum Gasteiger partial charge on any atom is -0.352 e. The summed E-state index contributed by atoms with van der Waals surface area (Å²) >= 11 is 5.78. The molecule has 1 saturated heterocycles. The van der Waals surface area contributed by atoms with E-state index in [0.29, 0.717) is 11.7 Å². The maximum Gasteiger partial charge on any atom is 0.226 e. The number of fused-ring (bicyclic) bond motifs is 1. The molecule has 3 heterocycles. The van der Waals surface area contributed by atoms with Crippen LogP contribution < -0.4 is 10.6 Å². The van der Waals surface area contributed by atoms with Gasteiger partial charge in [0, 0.05) is 36.7 Å². The molecular weight excluding hydrogens is 509 g/mol. The number of nitrogens with one attached hydrogen (secondary N) is 2. The van der Waals surface area contributed by atoms with Gasteiger partial charge in [-0.1, -0.05) is 48.5 Å². The number of pyridine rings is 1. The maximum atomic E-state index is 14.1. The van der Waals surface area contributed by atoms with Crippen molar-refractivity contribution in [3.8, 4) is 5.69 Å². The molecular formula is C31H26FN5OS. The molecule has 194 valence electrons. The van der Waals surface area contributed by atoms with Crippen molar-refractivity contribution in [1.29, 1.82) is 0 Å². The van der Waals surface area contributed by atoms with E-state index in [0.717, 1.165) is 22.5 Å². The van der Waals surface area contributed by atoms with Crippen LogP contribution in [0.3, 0.4) is 0 Å². The number of thiocarbonyl (C=S) groups is 1. The molecule has 2 N–H and O–H groups in total. The Hall–Kier alpha value is -4.56. The molecule has 0 bridgehead atoms. The van der Waals surface area contributed by atoms with Gasteiger partial charge in [0.1, 0.15) is 5.82 Å². The summed E-state index contributed by atoms with van der Waals surface area (Å²) < 4.78 is 16.2. The van der Waals surface area contributed by atoms with Gasteiger partial charge in [-0.15, -0.1) is 0 Å². The van der Waals surface area contributed by atoms with Gasteiger partial charge in [0.2, 0.25) is 5.91 Å². The first-order chi connectivity index (χ1) is 19.1. The number of nitrogens with zero attached hydrogens (tertiary/aromatic N) is 3. The Kier molecular flexibility index (Phi) is 6.77. The van der Waals surface area contributed by atoms with Crippen LogP contribution >= 0.6 is 12.2 Å². The highest BCUT2D eigenvalue weighted by Gasteiger charge is 2.41. The molecule has 0 aliphatic carbocycles. The van der Waals surface area contributed by atoms with Crippen LogP contribution in [-0.4, -0.2) is 32.0 Å². The van der Waals surface area contributed by atoms with Crippen LogP contribution in [0.25, 0.3) is 16.5 Å². The van der Waals surface area contributed by atoms with E-state index in [2.05, 4.69) is 56.6 Å². The third-order valence-corrected chi connectivity index (χ3v) is 7.37. The van der Waals surface area contributed by atoms with Crippen molar-refractivity contribution in [2.75, 3.05) is 11.9 Å². The Morgan fingerprint density at radius 3 is 2.56 bits per heavy atom. The summed E-state index contributed by atoms with van der Waals surface area (Å²) in [6, 6.07) is 30.3. The first-order valence-corrected chi connectivity index (χ1v) is 13.2. The van der Waals surface area contributed by atoms with Crippen LogP contribution in [0.4, 0.5) is 10.1 Å². The summed E-state index contributed by atoms with van der Waals surface area (Å²) in [5.74, 6) is -0.752. The van der Waals surface area contributed by atoms with Gasteiger partial charge in [-0.3, -0.25) is 9.78 Å². The fourth-order valence-corrected chi connectivity index (χ4v) is 5.49. The monoisotopic (exact) mass is 535 g/mol. The van der Waals surface area contributed by atoms with Crippen LogP contribution in [0.5, 0.6) is 0 Å². The molecule has 2 atom stereocenters. The standard InChI is InChI=1S/C31H26FN5OS/c32-24-10-3-4-11-25(24)34-28(38)16-19-37-30(29(35-31(37)39)26-12-5-6-17-33-26)27-13-7-18-36(27)23-15-14-21-8-1-2-9-22(21)20-23/h1-15,17-18,20,29-30H,16,19H2,(H,34,38)(H,35,39)/t29-,30+/m1/s1. The van der Waals surface area contributed by atoms with Gasteiger partial charge in [0.05, 0.1) is 23.5 Å². The van der Waals surface area contributed by atoms with Gasteiger partial charge in [-0.2, -0.15) is 0 Å². The highest BCUT2D eigenvalue weighted by molar-refractivity contribution is 7.80. The number of hydrogen-bond donors (Lipinski definition) is 2. The number of hydrogen-bond acceptors (Lipinski definition) is 3. The first-order valence-electron chi connectivity index (χ1n) is 12.8. The van der Waals surface area contributed by atoms with Crippen molar-refractivity contribution >= 4 is 39.7 Å². The van der Waals surface area contributed by atoms with Crippen LogP contribution in [-0.2, 0) is 4.79 Å². The highest BCUT2D eigenvalue weighted by Crippen LogP contribution is 2.39. The van der Waals surface area contributed by atoms with E-state index in [1.807, 2.05) is 47.5 Å². The fraction of sp³-hybridized carbons (Fsp3) is 0.129. The summed E-state index contributed by atoms with van der Waals surface area (Å²) in [5.41, 5.74) is 3.07. The molecule has 0 unspecified atom stereocenters. The Labute approximate surface area is 231 Å². The zero-order chi connectivity index (χ0) is 26.8. The Morgan fingerprint density at radius 2 is 1.74 bits per heavy atom. The molecule has 1 amide bonds. The van der Waals surface area contributed by atoms with Gasteiger partial charge >= 0.3 is 0 Å². The second kappa shape index (κ2) is 10.7. The second-order valence-corrected chi connectivity index (χ2v) is 9.82. The number of halogens is 1. The quantitative estimate of drug-likeness (QED) is 0.244. The lowest BCUT2D eigenvalue weighted by Crippen LogP contribution is -2.33. The van der Waals surface area contributed by atoms with E-state index < -0.39 is 5.82 Å². The second-order valence-electron chi connectivity index (χ2n) is 9.43. The van der Waals surface area contributed by atoms with E-state index in [9.17, 15) is 9.18 Å². The van der Waals surface area contributed by atoms with Gasteiger partial charge in [0.15, 0.2) is 5.11 Å². The third kappa shape index (κ3) is 4.98. The van der Waals surface area contributed by atoms with Crippen molar-refractivity contribution in [3.63, 3.8) is 0 Å². The summed E-state index contributed by atoms with van der Waals surface area (Å²) in [7, 11) is 0. The molecule has 5 aromatic rings. The predicted molar refractivity (Wildman–Crippen MR) is 155 cm³/mol. The number of carbonyl (C=O) groups excluding carboxylic acids is 1. The SMILES string of the molecule is O=C(CCN1C(=S)N[C@H](c2ccccn2)[C@@H]1c1cccn1-c1ccc2ccccc2c1)Nc1ccccc1F. The lowest BCUT2D eigenvalue weighted by atomic mass is 10.0. The number of anilines is 1. The normalized spacial score (nSPS) is 16.8. The molecule has 0 spiro atoms.